The Morgan fingerprint density at radius 2 is 0.457 bits per heavy atom. The summed E-state index contributed by atoms with van der Waals surface area (Å²) in [6.07, 6.45) is 0. The predicted molar refractivity (Wildman–Crippen MR) is 289 cm³/mol. The summed E-state index contributed by atoms with van der Waals surface area (Å²) in [5.74, 6) is 1.81. The zero-order valence-electron chi connectivity index (χ0n) is 38.2. The number of rotatable bonds is 10. The molecule has 12 rings (SSSR count). The van der Waals surface area contributed by atoms with E-state index in [0.717, 1.165) is 94.8 Å². The van der Waals surface area contributed by atoms with Gasteiger partial charge in [-0.1, -0.05) is 231 Å². The molecule has 0 aliphatic carbocycles. The Morgan fingerprint density at radius 3 is 0.929 bits per heavy atom. The van der Waals surface area contributed by atoms with Crippen LogP contribution in [0.3, 0.4) is 0 Å². The van der Waals surface area contributed by atoms with Crippen molar-refractivity contribution in [3.05, 3.63) is 267 Å². The van der Waals surface area contributed by atoms with Crippen LogP contribution in [0.1, 0.15) is 0 Å². The molecule has 328 valence electrons. The lowest BCUT2D eigenvalue weighted by atomic mass is 9.94. The molecule has 2 aromatic heterocycles. The van der Waals surface area contributed by atoms with Crippen molar-refractivity contribution in [3.8, 4) is 112 Å². The van der Waals surface area contributed by atoms with E-state index in [1.807, 2.05) is 12.1 Å². The smallest absolute Gasteiger partial charge is 0.164 e. The second-order valence-electron chi connectivity index (χ2n) is 17.5. The van der Waals surface area contributed by atoms with Crippen LogP contribution in [-0.4, -0.2) is 19.9 Å². The van der Waals surface area contributed by atoms with Crippen LogP contribution in [0, 0.1) is 0 Å². The number of pyridine rings is 1. The van der Waals surface area contributed by atoms with Gasteiger partial charge in [0.1, 0.15) is 0 Å². The van der Waals surface area contributed by atoms with Crippen LogP contribution >= 0.6 is 0 Å². The molecule has 0 aliphatic heterocycles. The second kappa shape index (κ2) is 18.7. The molecule has 0 fully saturated rings. The first-order valence-corrected chi connectivity index (χ1v) is 23.6. The Morgan fingerprint density at radius 1 is 0.157 bits per heavy atom. The van der Waals surface area contributed by atoms with E-state index in [1.165, 1.54) is 10.8 Å². The average Bonchev–Trinajstić information content (AvgIpc) is 3.45. The molecule has 0 bridgehead atoms. The van der Waals surface area contributed by atoms with Gasteiger partial charge >= 0.3 is 0 Å². The van der Waals surface area contributed by atoms with E-state index in [2.05, 4.69) is 255 Å². The van der Waals surface area contributed by atoms with Gasteiger partial charge in [-0.25, -0.2) is 19.9 Å². The fourth-order valence-electron chi connectivity index (χ4n) is 9.17. The summed E-state index contributed by atoms with van der Waals surface area (Å²) in [6, 6.07) is 93.7. The topological polar surface area (TPSA) is 51.6 Å². The molecule has 0 N–H and O–H groups in total. The highest BCUT2D eigenvalue weighted by molar-refractivity contribution is 5.88. The molecular weight excluding hydrogens is 849 g/mol. The van der Waals surface area contributed by atoms with Crippen LogP contribution in [-0.2, 0) is 0 Å². The van der Waals surface area contributed by atoms with Crippen LogP contribution in [0.2, 0.25) is 0 Å². The lowest BCUT2D eigenvalue weighted by Gasteiger charge is -2.14. The first-order valence-electron chi connectivity index (χ1n) is 23.6. The van der Waals surface area contributed by atoms with Crippen molar-refractivity contribution in [1.82, 2.24) is 19.9 Å². The van der Waals surface area contributed by atoms with E-state index in [-0.39, 0.29) is 0 Å². The summed E-state index contributed by atoms with van der Waals surface area (Å²) in [4.78, 5) is 20.9. The fourth-order valence-corrected chi connectivity index (χ4v) is 9.17. The highest BCUT2D eigenvalue weighted by atomic mass is 15.0. The largest absolute Gasteiger partial charge is 0.248 e. The minimum Gasteiger partial charge on any atom is -0.248 e. The van der Waals surface area contributed by atoms with E-state index >= 15 is 0 Å². The van der Waals surface area contributed by atoms with Crippen molar-refractivity contribution in [2.45, 2.75) is 0 Å². The fraction of sp³-hybridized carbons (Fsp3) is 0. The third-order valence-corrected chi connectivity index (χ3v) is 12.9. The van der Waals surface area contributed by atoms with Gasteiger partial charge in [0.2, 0.25) is 0 Å². The quantitative estimate of drug-likeness (QED) is 0.137. The number of aromatic nitrogens is 4. The first kappa shape index (κ1) is 42.0. The molecule has 10 aromatic carbocycles. The van der Waals surface area contributed by atoms with E-state index in [9.17, 15) is 0 Å². The van der Waals surface area contributed by atoms with Crippen LogP contribution in [0.5, 0.6) is 0 Å². The zero-order valence-corrected chi connectivity index (χ0v) is 38.2. The van der Waals surface area contributed by atoms with Gasteiger partial charge in [-0.05, 0) is 103 Å². The molecular formula is C66H44N4. The molecule has 4 heteroatoms. The van der Waals surface area contributed by atoms with Gasteiger partial charge < -0.3 is 0 Å². The first-order chi connectivity index (χ1) is 34.6. The van der Waals surface area contributed by atoms with E-state index in [0.29, 0.717) is 17.5 Å². The number of nitrogens with zero attached hydrogens (tertiary/aromatic N) is 4. The van der Waals surface area contributed by atoms with Gasteiger partial charge in [0, 0.05) is 27.8 Å². The van der Waals surface area contributed by atoms with Crippen LogP contribution in [0.15, 0.2) is 267 Å². The second-order valence-corrected chi connectivity index (χ2v) is 17.5. The Hall–Kier alpha value is -9.38. The third kappa shape index (κ3) is 8.81. The summed E-state index contributed by atoms with van der Waals surface area (Å²) in [5, 5.41) is 2.40. The molecule has 70 heavy (non-hydrogen) atoms. The Balaban J connectivity index is 0.959. The molecule has 0 atom stereocenters. The molecule has 0 unspecified atom stereocenters. The summed E-state index contributed by atoms with van der Waals surface area (Å²) in [5.41, 5.74) is 17.8. The van der Waals surface area contributed by atoms with Crippen molar-refractivity contribution >= 4 is 10.8 Å². The SMILES string of the molecule is c1ccc(-c2ccc(-c3nc(-c4ccc(-c5ccccc5)cc4)nc(-c4cc(-c5ccccc5)cc(-c5ccc(-c6cc(-c7ccccc7)cc(-c7ccc8ccccc8c7)n6)cc5)c4)n3)cc2)cc1. The Labute approximate surface area is 408 Å². The van der Waals surface area contributed by atoms with Crippen molar-refractivity contribution in [3.63, 3.8) is 0 Å². The number of hydrogen-bond acceptors (Lipinski definition) is 4. The van der Waals surface area contributed by atoms with Crippen molar-refractivity contribution in [1.29, 1.82) is 0 Å². The van der Waals surface area contributed by atoms with Gasteiger partial charge in [-0.15, -0.1) is 0 Å². The van der Waals surface area contributed by atoms with Gasteiger partial charge in [0.25, 0.3) is 0 Å². The molecule has 0 saturated carbocycles. The summed E-state index contributed by atoms with van der Waals surface area (Å²) in [7, 11) is 0. The van der Waals surface area contributed by atoms with Gasteiger partial charge in [-0.2, -0.15) is 0 Å². The third-order valence-electron chi connectivity index (χ3n) is 12.9. The Bertz CT molecular complexity index is 3660. The Kier molecular flexibility index (Phi) is 11.2. The van der Waals surface area contributed by atoms with Crippen molar-refractivity contribution in [2.24, 2.45) is 0 Å². The average molecular weight is 893 g/mol. The highest BCUT2D eigenvalue weighted by Gasteiger charge is 2.17. The number of fused-ring (bicyclic) bond motifs is 1. The number of benzene rings is 10. The molecule has 0 amide bonds. The zero-order chi connectivity index (χ0) is 46.6. The molecule has 0 saturated heterocycles. The number of hydrogen-bond donors (Lipinski definition) is 0. The summed E-state index contributed by atoms with van der Waals surface area (Å²) in [6.45, 7) is 0. The lowest BCUT2D eigenvalue weighted by molar-refractivity contribution is 1.07. The van der Waals surface area contributed by atoms with Gasteiger partial charge in [-0.3, -0.25) is 0 Å². The lowest BCUT2D eigenvalue weighted by Crippen LogP contribution is -2.00. The maximum atomic E-state index is 5.30. The highest BCUT2D eigenvalue weighted by Crippen LogP contribution is 2.37. The van der Waals surface area contributed by atoms with E-state index < -0.39 is 0 Å². The molecule has 0 aliphatic rings. The standard InChI is InChI=1S/C66H44N4/c1-5-15-45(16-6-1)50-27-34-54(35-28-50)64-68-65(55-36-29-51(30-37-55)46-17-7-2-8-18-46)70-66(69-64)61-41-58(47-19-9-3-10-20-47)40-59(42-61)52-25-32-53(33-26-52)62-43-60(48-21-11-4-12-22-48)44-63(67-62)57-38-31-49-23-13-14-24-56(49)39-57/h1-44H. The van der Waals surface area contributed by atoms with Crippen LogP contribution in [0.4, 0.5) is 0 Å². The van der Waals surface area contributed by atoms with E-state index in [1.54, 1.807) is 0 Å². The predicted octanol–water partition coefficient (Wildman–Crippen LogP) is 17.1. The van der Waals surface area contributed by atoms with Crippen LogP contribution in [0.25, 0.3) is 123 Å². The molecule has 0 spiro atoms. The minimum atomic E-state index is 0.595. The maximum absolute atomic E-state index is 5.30. The minimum absolute atomic E-state index is 0.595. The van der Waals surface area contributed by atoms with Crippen LogP contribution < -0.4 is 0 Å². The molecule has 4 nitrogen and oxygen atoms in total. The molecule has 2 heterocycles. The van der Waals surface area contributed by atoms with Crippen molar-refractivity contribution in [2.75, 3.05) is 0 Å². The molecule has 0 radical (unpaired) electrons. The molecule has 12 aromatic rings. The normalized spacial score (nSPS) is 11.1. The monoisotopic (exact) mass is 892 g/mol. The summed E-state index contributed by atoms with van der Waals surface area (Å²) >= 11 is 0. The van der Waals surface area contributed by atoms with Crippen molar-refractivity contribution < 1.29 is 0 Å². The maximum Gasteiger partial charge on any atom is 0.164 e. The summed E-state index contributed by atoms with van der Waals surface area (Å²) < 4.78 is 0. The van der Waals surface area contributed by atoms with E-state index in [4.69, 9.17) is 19.9 Å². The van der Waals surface area contributed by atoms with Gasteiger partial charge in [0.05, 0.1) is 11.4 Å². The van der Waals surface area contributed by atoms with Gasteiger partial charge in [0.15, 0.2) is 17.5 Å².